The zero-order valence-corrected chi connectivity index (χ0v) is 8.57. The van der Waals surface area contributed by atoms with Crippen LogP contribution in [0, 0.1) is 0 Å². The Morgan fingerprint density at radius 1 is 1.29 bits per heavy atom. The molecule has 0 bridgehead atoms. The van der Waals surface area contributed by atoms with Crippen molar-refractivity contribution in [3.63, 3.8) is 0 Å². The van der Waals surface area contributed by atoms with Crippen molar-refractivity contribution in [2.24, 2.45) is 0 Å². The van der Waals surface area contributed by atoms with Crippen molar-refractivity contribution in [3.05, 3.63) is 29.8 Å². The van der Waals surface area contributed by atoms with Crippen LogP contribution in [0.25, 0.3) is 0 Å². The SMILES string of the molecule is CN(C)CCC(F)c1ccc(O)cc1. The van der Waals surface area contributed by atoms with Crippen LogP contribution in [0.3, 0.4) is 0 Å². The van der Waals surface area contributed by atoms with Crippen molar-refractivity contribution in [3.8, 4) is 5.75 Å². The summed E-state index contributed by atoms with van der Waals surface area (Å²) >= 11 is 0. The van der Waals surface area contributed by atoms with Gasteiger partial charge in [0.05, 0.1) is 0 Å². The number of halogens is 1. The van der Waals surface area contributed by atoms with Crippen LogP contribution in [0.2, 0.25) is 0 Å². The van der Waals surface area contributed by atoms with Crippen LogP contribution in [0.15, 0.2) is 24.3 Å². The van der Waals surface area contributed by atoms with Crippen LogP contribution in [-0.2, 0) is 0 Å². The number of nitrogens with zero attached hydrogens (tertiary/aromatic N) is 1. The summed E-state index contributed by atoms with van der Waals surface area (Å²) < 4.78 is 13.5. The number of phenolic OH excluding ortho intramolecular Hbond substituents is 1. The Kier molecular flexibility index (Phi) is 3.89. The van der Waals surface area contributed by atoms with Gasteiger partial charge in [0, 0.05) is 6.54 Å². The fraction of sp³-hybridized carbons (Fsp3) is 0.455. The van der Waals surface area contributed by atoms with Gasteiger partial charge in [0.2, 0.25) is 0 Å². The van der Waals surface area contributed by atoms with Crippen molar-refractivity contribution in [1.29, 1.82) is 0 Å². The van der Waals surface area contributed by atoms with Crippen molar-refractivity contribution in [1.82, 2.24) is 4.90 Å². The fourth-order valence-electron chi connectivity index (χ4n) is 1.22. The minimum Gasteiger partial charge on any atom is -0.508 e. The number of aromatic hydroxyl groups is 1. The van der Waals surface area contributed by atoms with Gasteiger partial charge in [-0.15, -0.1) is 0 Å². The second-order valence-corrected chi connectivity index (χ2v) is 3.65. The van der Waals surface area contributed by atoms with E-state index < -0.39 is 6.17 Å². The molecule has 0 aromatic heterocycles. The highest BCUT2D eigenvalue weighted by molar-refractivity contribution is 5.27. The molecule has 1 N–H and O–H groups in total. The number of alkyl halides is 1. The topological polar surface area (TPSA) is 23.5 Å². The maximum absolute atomic E-state index is 13.5. The van der Waals surface area contributed by atoms with Crippen LogP contribution in [0.5, 0.6) is 5.75 Å². The zero-order valence-electron chi connectivity index (χ0n) is 8.57. The van der Waals surface area contributed by atoms with E-state index in [1.54, 1.807) is 12.1 Å². The van der Waals surface area contributed by atoms with Gasteiger partial charge >= 0.3 is 0 Å². The van der Waals surface area contributed by atoms with Gasteiger partial charge in [-0.1, -0.05) is 12.1 Å². The van der Waals surface area contributed by atoms with Crippen LogP contribution in [-0.4, -0.2) is 30.6 Å². The molecule has 0 heterocycles. The second kappa shape index (κ2) is 4.96. The summed E-state index contributed by atoms with van der Waals surface area (Å²) in [6, 6.07) is 6.26. The average Bonchev–Trinajstić information content (AvgIpc) is 2.15. The molecular weight excluding hydrogens is 181 g/mol. The van der Waals surface area contributed by atoms with Gasteiger partial charge in [-0.25, -0.2) is 4.39 Å². The minimum absolute atomic E-state index is 0.175. The summed E-state index contributed by atoms with van der Waals surface area (Å²) in [5.74, 6) is 0.175. The van der Waals surface area contributed by atoms with Crippen molar-refractivity contribution < 1.29 is 9.50 Å². The predicted molar refractivity (Wildman–Crippen MR) is 55.1 cm³/mol. The van der Waals surface area contributed by atoms with Crippen LogP contribution < -0.4 is 0 Å². The molecule has 0 aliphatic rings. The summed E-state index contributed by atoms with van der Waals surface area (Å²) in [5.41, 5.74) is 0.629. The van der Waals surface area contributed by atoms with Gasteiger partial charge in [-0.3, -0.25) is 0 Å². The Labute approximate surface area is 84.0 Å². The minimum atomic E-state index is -0.946. The Morgan fingerprint density at radius 2 is 1.86 bits per heavy atom. The number of benzene rings is 1. The van der Waals surface area contributed by atoms with Gasteiger partial charge < -0.3 is 10.0 Å². The standard InChI is InChI=1S/C11H16FNO/c1-13(2)8-7-11(12)9-3-5-10(14)6-4-9/h3-6,11,14H,7-8H2,1-2H3. The third-order valence-electron chi connectivity index (χ3n) is 2.08. The highest BCUT2D eigenvalue weighted by Crippen LogP contribution is 2.22. The number of rotatable bonds is 4. The molecule has 0 fully saturated rings. The molecule has 1 aromatic rings. The van der Waals surface area contributed by atoms with E-state index in [9.17, 15) is 4.39 Å². The van der Waals surface area contributed by atoms with E-state index in [0.717, 1.165) is 6.54 Å². The molecule has 1 aromatic carbocycles. The Balaban J connectivity index is 2.52. The maximum atomic E-state index is 13.5. The zero-order chi connectivity index (χ0) is 10.6. The lowest BCUT2D eigenvalue weighted by Crippen LogP contribution is -2.14. The molecule has 0 saturated carbocycles. The van der Waals surface area contributed by atoms with E-state index in [-0.39, 0.29) is 5.75 Å². The smallest absolute Gasteiger partial charge is 0.126 e. The molecule has 1 unspecified atom stereocenters. The van der Waals surface area contributed by atoms with Gasteiger partial charge in [0.25, 0.3) is 0 Å². The molecule has 2 nitrogen and oxygen atoms in total. The third kappa shape index (κ3) is 3.34. The highest BCUT2D eigenvalue weighted by atomic mass is 19.1. The molecule has 0 spiro atoms. The van der Waals surface area contributed by atoms with Gasteiger partial charge in [0.15, 0.2) is 0 Å². The average molecular weight is 197 g/mol. The molecule has 0 radical (unpaired) electrons. The summed E-state index contributed by atoms with van der Waals surface area (Å²) in [5, 5.41) is 9.03. The molecule has 0 aliphatic carbocycles. The normalized spacial score (nSPS) is 13.1. The lowest BCUT2D eigenvalue weighted by Gasteiger charge is -2.12. The Bertz CT molecular complexity index is 271. The molecule has 14 heavy (non-hydrogen) atoms. The fourth-order valence-corrected chi connectivity index (χ4v) is 1.22. The monoisotopic (exact) mass is 197 g/mol. The van der Waals surface area contributed by atoms with E-state index in [1.165, 1.54) is 12.1 Å². The first kappa shape index (κ1) is 11.0. The third-order valence-corrected chi connectivity index (χ3v) is 2.08. The molecule has 0 saturated heterocycles. The van der Waals surface area contributed by atoms with Gasteiger partial charge in [0.1, 0.15) is 11.9 Å². The summed E-state index contributed by atoms with van der Waals surface area (Å²) in [6.07, 6.45) is -0.462. The van der Waals surface area contributed by atoms with Crippen molar-refractivity contribution >= 4 is 0 Å². The van der Waals surface area contributed by atoms with Crippen LogP contribution in [0.1, 0.15) is 18.2 Å². The summed E-state index contributed by atoms with van der Waals surface area (Å²) in [6.45, 7) is 0.724. The first-order valence-electron chi connectivity index (χ1n) is 4.67. The second-order valence-electron chi connectivity index (χ2n) is 3.65. The number of hydrogen-bond acceptors (Lipinski definition) is 2. The predicted octanol–water partition coefficient (Wildman–Crippen LogP) is 2.35. The lowest BCUT2D eigenvalue weighted by atomic mass is 10.1. The van der Waals surface area contributed by atoms with E-state index in [1.807, 2.05) is 19.0 Å². The Hall–Kier alpha value is -1.09. The van der Waals surface area contributed by atoms with E-state index in [4.69, 9.17) is 5.11 Å². The van der Waals surface area contributed by atoms with Gasteiger partial charge in [-0.2, -0.15) is 0 Å². The van der Waals surface area contributed by atoms with Crippen molar-refractivity contribution in [2.75, 3.05) is 20.6 Å². The molecule has 0 amide bonds. The molecule has 1 atom stereocenters. The Morgan fingerprint density at radius 3 is 2.36 bits per heavy atom. The molecule has 3 heteroatoms. The van der Waals surface area contributed by atoms with E-state index in [2.05, 4.69) is 0 Å². The quantitative estimate of drug-likeness (QED) is 0.801. The molecule has 0 aliphatic heterocycles. The summed E-state index contributed by atoms with van der Waals surface area (Å²) in [4.78, 5) is 1.95. The molecule has 1 rings (SSSR count). The first-order valence-corrected chi connectivity index (χ1v) is 4.67. The van der Waals surface area contributed by atoms with Crippen LogP contribution >= 0.6 is 0 Å². The molecule has 78 valence electrons. The van der Waals surface area contributed by atoms with E-state index in [0.29, 0.717) is 12.0 Å². The highest BCUT2D eigenvalue weighted by Gasteiger charge is 2.09. The van der Waals surface area contributed by atoms with Crippen LogP contribution in [0.4, 0.5) is 4.39 Å². The van der Waals surface area contributed by atoms with E-state index >= 15 is 0 Å². The summed E-state index contributed by atoms with van der Waals surface area (Å²) in [7, 11) is 3.84. The first-order chi connectivity index (χ1) is 6.59. The van der Waals surface area contributed by atoms with Crippen molar-refractivity contribution in [2.45, 2.75) is 12.6 Å². The lowest BCUT2D eigenvalue weighted by molar-refractivity contribution is 0.278. The van der Waals surface area contributed by atoms with Gasteiger partial charge in [-0.05, 0) is 38.2 Å². The number of phenols is 1. The number of hydrogen-bond donors (Lipinski definition) is 1. The maximum Gasteiger partial charge on any atom is 0.126 e. The molecular formula is C11H16FNO. The largest absolute Gasteiger partial charge is 0.508 e.